The van der Waals surface area contributed by atoms with E-state index in [0.29, 0.717) is 5.56 Å². The number of piperidine rings is 1. The number of carbonyl (C=O) groups is 1. The highest BCUT2D eigenvalue weighted by molar-refractivity contribution is 5.93. The topological polar surface area (TPSA) is 58.4 Å². The van der Waals surface area contributed by atoms with Crippen molar-refractivity contribution in [1.29, 1.82) is 0 Å². The van der Waals surface area contributed by atoms with E-state index in [1.54, 1.807) is 0 Å². The molecule has 0 bridgehead atoms. The van der Waals surface area contributed by atoms with Crippen molar-refractivity contribution < 1.29 is 4.79 Å². The highest BCUT2D eigenvalue weighted by Gasteiger charge is 2.15. The van der Waals surface area contributed by atoms with Crippen LogP contribution in [0.15, 0.2) is 24.3 Å². The third-order valence-corrected chi connectivity index (χ3v) is 3.63. The Morgan fingerprint density at radius 1 is 1.33 bits per heavy atom. The first kappa shape index (κ1) is 13.1. The van der Waals surface area contributed by atoms with E-state index >= 15 is 0 Å². The molecule has 1 fully saturated rings. The summed E-state index contributed by atoms with van der Waals surface area (Å²) in [6, 6.07) is 7.65. The van der Waals surface area contributed by atoms with Crippen LogP contribution < -0.4 is 11.3 Å². The van der Waals surface area contributed by atoms with Gasteiger partial charge in [0.25, 0.3) is 5.91 Å². The molecule has 0 radical (unpaired) electrons. The van der Waals surface area contributed by atoms with E-state index in [4.69, 9.17) is 5.84 Å². The van der Waals surface area contributed by atoms with Crippen molar-refractivity contribution in [3.8, 4) is 0 Å². The second-order valence-electron chi connectivity index (χ2n) is 5.13. The molecule has 1 saturated heterocycles. The van der Waals surface area contributed by atoms with Crippen LogP contribution in [0.1, 0.15) is 35.7 Å². The lowest BCUT2D eigenvalue weighted by molar-refractivity contribution is 0.0953. The summed E-state index contributed by atoms with van der Waals surface area (Å²) in [4.78, 5) is 13.8. The molecule has 1 amide bonds. The van der Waals surface area contributed by atoms with E-state index in [9.17, 15) is 4.79 Å². The normalized spacial score (nSPS) is 17.7. The van der Waals surface area contributed by atoms with Crippen LogP contribution in [0.3, 0.4) is 0 Å². The van der Waals surface area contributed by atoms with Crippen LogP contribution in [0.5, 0.6) is 0 Å². The first-order chi connectivity index (χ1) is 8.69. The molecular weight excluding hydrogens is 226 g/mol. The van der Waals surface area contributed by atoms with E-state index < -0.39 is 0 Å². The molecule has 0 unspecified atom stereocenters. The van der Waals surface area contributed by atoms with Crippen molar-refractivity contribution in [2.45, 2.75) is 26.3 Å². The van der Waals surface area contributed by atoms with E-state index in [2.05, 4.69) is 17.2 Å². The van der Waals surface area contributed by atoms with Gasteiger partial charge in [-0.05, 0) is 49.5 Å². The molecular formula is C14H21N3O. The number of benzene rings is 1. The van der Waals surface area contributed by atoms with Gasteiger partial charge in [-0.15, -0.1) is 0 Å². The third kappa shape index (κ3) is 3.31. The Labute approximate surface area is 108 Å². The molecule has 2 rings (SSSR count). The van der Waals surface area contributed by atoms with Gasteiger partial charge in [0.15, 0.2) is 0 Å². The average Bonchev–Trinajstić information content (AvgIpc) is 2.41. The number of carbonyl (C=O) groups excluding carboxylic acids is 1. The number of hydrogen-bond acceptors (Lipinski definition) is 3. The summed E-state index contributed by atoms with van der Waals surface area (Å²) in [6.45, 7) is 5.63. The number of hydrazine groups is 1. The first-order valence-corrected chi connectivity index (χ1v) is 6.51. The molecule has 0 aliphatic carbocycles. The minimum atomic E-state index is -0.242. The van der Waals surface area contributed by atoms with E-state index in [0.717, 1.165) is 12.5 Å². The Bertz CT molecular complexity index is 394. The lowest BCUT2D eigenvalue weighted by atomic mass is 9.99. The Morgan fingerprint density at radius 2 is 1.94 bits per heavy atom. The number of nitrogens with one attached hydrogen (secondary N) is 1. The van der Waals surface area contributed by atoms with Crippen LogP contribution >= 0.6 is 0 Å². The minimum Gasteiger partial charge on any atom is -0.299 e. The SMILES string of the molecule is CC1CCN(Cc2ccc(C(=O)NN)cc2)CC1. The molecule has 1 heterocycles. The first-order valence-electron chi connectivity index (χ1n) is 6.51. The van der Waals surface area contributed by atoms with E-state index in [-0.39, 0.29) is 5.91 Å². The summed E-state index contributed by atoms with van der Waals surface area (Å²) in [5.74, 6) is 5.71. The summed E-state index contributed by atoms with van der Waals surface area (Å²) in [5.41, 5.74) is 3.99. The van der Waals surface area contributed by atoms with Crippen LogP contribution in [-0.4, -0.2) is 23.9 Å². The lowest BCUT2D eigenvalue weighted by Crippen LogP contribution is -2.32. The summed E-state index contributed by atoms with van der Waals surface area (Å²) in [7, 11) is 0. The highest BCUT2D eigenvalue weighted by atomic mass is 16.2. The molecule has 0 spiro atoms. The fourth-order valence-corrected chi connectivity index (χ4v) is 2.32. The third-order valence-electron chi connectivity index (χ3n) is 3.63. The predicted molar refractivity (Wildman–Crippen MR) is 71.8 cm³/mol. The van der Waals surface area contributed by atoms with Crippen LogP contribution in [0, 0.1) is 5.92 Å². The van der Waals surface area contributed by atoms with Crippen molar-refractivity contribution in [2.75, 3.05) is 13.1 Å². The van der Waals surface area contributed by atoms with E-state index in [1.807, 2.05) is 24.3 Å². The van der Waals surface area contributed by atoms with Gasteiger partial charge in [-0.3, -0.25) is 15.1 Å². The van der Waals surface area contributed by atoms with Gasteiger partial charge in [-0.1, -0.05) is 19.1 Å². The summed E-state index contributed by atoms with van der Waals surface area (Å²) in [5, 5.41) is 0. The van der Waals surface area contributed by atoms with E-state index in [1.165, 1.54) is 31.5 Å². The Morgan fingerprint density at radius 3 is 2.50 bits per heavy atom. The van der Waals surface area contributed by atoms with Crippen LogP contribution in [-0.2, 0) is 6.54 Å². The largest absolute Gasteiger partial charge is 0.299 e. The number of nitrogens with zero attached hydrogens (tertiary/aromatic N) is 1. The molecule has 1 aliphatic heterocycles. The summed E-state index contributed by atoms with van der Waals surface area (Å²) < 4.78 is 0. The maximum Gasteiger partial charge on any atom is 0.265 e. The van der Waals surface area contributed by atoms with Gasteiger partial charge in [-0.2, -0.15) is 0 Å². The number of likely N-dealkylation sites (tertiary alicyclic amines) is 1. The van der Waals surface area contributed by atoms with Crippen LogP contribution in [0.4, 0.5) is 0 Å². The van der Waals surface area contributed by atoms with Crippen molar-refractivity contribution >= 4 is 5.91 Å². The number of nitrogen functional groups attached to an aromatic ring is 1. The molecule has 18 heavy (non-hydrogen) atoms. The molecule has 98 valence electrons. The molecule has 1 aromatic rings. The maximum absolute atomic E-state index is 11.3. The molecule has 4 nitrogen and oxygen atoms in total. The predicted octanol–water partition coefficient (Wildman–Crippen LogP) is 1.52. The fraction of sp³-hybridized carbons (Fsp3) is 0.500. The zero-order valence-corrected chi connectivity index (χ0v) is 10.9. The van der Waals surface area contributed by atoms with Crippen molar-refractivity contribution in [3.05, 3.63) is 35.4 Å². The number of rotatable bonds is 3. The molecule has 0 saturated carbocycles. The standard InChI is InChI=1S/C14H21N3O/c1-11-6-8-17(9-7-11)10-12-2-4-13(5-3-12)14(18)16-15/h2-5,11H,6-10,15H2,1H3,(H,16,18). The van der Waals surface area contributed by atoms with Crippen molar-refractivity contribution in [1.82, 2.24) is 10.3 Å². The van der Waals surface area contributed by atoms with Crippen molar-refractivity contribution in [3.63, 3.8) is 0 Å². The zero-order chi connectivity index (χ0) is 13.0. The van der Waals surface area contributed by atoms with Crippen LogP contribution in [0.25, 0.3) is 0 Å². The van der Waals surface area contributed by atoms with Gasteiger partial charge in [0.1, 0.15) is 0 Å². The quantitative estimate of drug-likeness (QED) is 0.484. The molecule has 4 heteroatoms. The minimum absolute atomic E-state index is 0.242. The second kappa shape index (κ2) is 5.98. The number of hydrogen-bond donors (Lipinski definition) is 2. The zero-order valence-electron chi connectivity index (χ0n) is 10.9. The van der Waals surface area contributed by atoms with Gasteiger partial charge in [-0.25, -0.2) is 5.84 Å². The second-order valence-corrected chi connectivity index (χ2v) is 5.13. The van der Waals surface area contributed by atoms with Crippen LogP contribution in [0.2, 0.25) is 0 Å². The van der Waals surface area contributed by atoms with Gasteiger partial charge < -0.3 is 0 Å². The summed E-state index contributed by atoms with van der Waals surface area (Å²) >= 11 is 0. The Kier molecular flexibility index (Phi) is 4.33. The smallest absolute Gasteiger partial charge is 0.265 e. The highest BCUT2D eigenvalue weighted by Crippen LogP contribution is 2.18. The van der Waals surface area contributed by atoms with Gasteiger partial charge in [0.05, 0.1) is 0 Å². The number of amides is 1. The monoisotopic (exact) mass is 247 g/mol. The van der Waals surface area contributed by atoms with Crippen molar-refractivity contribution in [2.24, 2.45) is 11.8 Å². The Hall–Kier alpha value is -1.39. The average molecular weight is 247 g/mol. The summed E-state index contributed by atoms with van der Waals surface area (Å²) in [6.07, 6.45) is 2.57. The molecule has 0 atom stereocenters. The van der Waals surface area contributed by atoms with Gasteiger partial charge in [0.2, 0.25) is 0 Å². The lowest BCUT2D eigenvalue weighted by Gasteiger charge is -2.30. The fourth-order valence-electron chi connectivity index (χ4n) is 2.32. The number of nitrogens with two attached hydrogens (primary N) is 1. The van der Waals surface area contributed by atoms with Gasteiger partial charge in [0, 0.05) is 12.1 Å². The van der Waals surface area contributed by atoms with Gasteiger partial charge >= 0.3 is 0 Å². The molecule has 1 aliphatic rings. The molecule has 1 aromatic carbocycles. The maximum atomic E-state index is 11.3. The Balaban J connectivity index is 1.92. The molecule has 0 aromatic heterocycles. The molecule has 3 N–H and O–H groups in total.